The number of likely N-dealkylation sites (N-methyl/N-ethyl adjacent to an activating group) is 1. The normalized spacial score (nSPS) is 17.2. The van der Waals surface area contributed by atoms with Gasteiger partial charge in [0.25, 0.3) is 11.1 Å². The van der Waals surface area contributed by atoms with Crippen LogP contribution in [0.1, 0.15) is 19.6 Å². The minimum absolute atomic E-state index is 0.120. The van der Waals surface area contributed by atoms with Crippen LogP contribution in [0.4, 0.5) is 0 Å². The van der Waals surface area contributed by atoms with Crippen LogP contribution in [-0.2, 0) is 4.79 Å². The molecule has 0 saturated carbocycles. The van der Waals surface area contributed by atoms with Gasteiger partial charge >= 0.3 is 0 Å². The SMILES string of the molecule is CCN1CCN(C(=O)[C@@H](C)Sc2nnc(-c3ccoc3C)o2)CC1. The lowest BCUT2D eigenvalue weighted by Crippen LogP contribution is -2.50. The summed E-state index contributed by atoms with van der Waals surface area (Å²) < 4.78 is 10.9. The molecular weight excluding hydrogens is 328 g/mol. The van der Waals surface area contributed by atoms with Crippen molar-refractivity contribution in [2.75, 3.05) is 32.7 Å². The zero-order valence-electron chi connectivity index (χ0n) is 14.2. The number of nitrogens with zero attached hydrogens (tertiary/aromatic N) is 4. The van der Waals surface area contributed by atoms with Crippen molar-refractivity contribution in [3.05, 3.63) is 18.1 Å². The molecule has 8 heteroatoms. The Bertz CT molecular complexity index is 691. The predicted octanol–water partition coefficient (Wildman–Crippen LogP) is 2.28. The first-order valence-electron chi connectivity index (χ1n) is 8.14. The van der Waals surface area contributed by atoms with Gasteiger partial charge in [-0.2, -0.15) is 0 Å². The highest BCUT2D eigenvalue weighted by Gasteiger charge is 2.26. The average Bonchev–Trinajstić information content (AvgIpc) is 3.22. The smallest absolute Gasteiger partial charge is 0.277 e. The van der Waals surface area contributed by atoms with Crippen LogP contribution in [0.3, 0.4) is 0 Å². The molecule has 3 heterocycles. The van der Waals surface area contributed by atoms with E-state index < -0.39 is 0 Å². The molecule has 1 saturated heterocycles. The second kappa shape index (κ2) is 7.40. The van der Waals surface area contributed by atoms with Crippen LogP contribution in [0, 0.1) is 6.92 Å². The molecule has 1 aliphatic heterocycles. The van der Waals surface area contributed by atoms with Gasteiger partial charge in [0.15, 0.2) is 0 Å². The largest absolute Gasteiger partial charge is 0.469 e. The quantitative estimate of drug-likeness (QED) is 0.766. The van der Waals surface area contributed by atoms with E-state index in [1.165, 1.54) is 11.8 Å². The molecule has 3 rings (SSSR count). The van der Waals surface area contributed by atoms with Crippen LogP contribution in [0.5, 0.6) is 0 Å². The van der Waals surface area contributed by atoms with E-state index >= 15 is 0 Å². The average molecular weight is 350 g/mol. The van der Waals surface area contributed by atoms with E-state index in [0.717, 1.165) is 44.0 Å². The maximum atomic E-state index is 12.6. The minimum atomic E-state index is -0.253. The Hall–Kier alpha value is -1.80. The van der Waals surface area contributed by atoms with E-state index in [4.69, 9.17) is 8.83 Å². The molecular formula is C16H22N4O3S. The summed E-state index contributed by atoms with van der Waals surface area (Å²) in [5.41, 5.74) is 0.781. The Balaban J connectivity index is 1.59. The van der Waals surface area contributed by atoms with Gasteiger partial charge in [0.05, 0.1) is 17.1 Å². The topological polar surface area (TPSA) is 75.6 Å². The third kappa shape index (κ3) is 3.64. The van der Waals surface area contributed by atoms with E-state index in [-0.39, 0.29) is 11.2 Å². The molecule has 1 atom stereocenters. The van der Waals surface area contributed by atoms with Gasteiger partial charge in [-0.15, -0.1) is 10.2 Å². The fraction of sp³-hybridized carbons (Fsp3) is 0.562. The van der Waals surface area contributed by atoms with Crippen LogP contribution in [0.15, 0.2) is 26.4 Å². The summed E-state index contributed by atoms with van der Waals surface area (Å²) in [7, 11) is 0. The second-order valence-corrected chi connectivity index (χ2v) is 7.08. The van der Waals surface area contributed by atoms with Crippen LogP contribution in [0.2, 0.25) is 0 Å². The Morgan fingerprint density at radius 2 is 2.08 bits per heavy atom. The molecule has 0 spiro atoms. The minimum Gasteiger partial charge on any atom is -0.469 e. The third-order valence-electron chi connectivity index (χ3n) is 4.25. The lowest BCUT2D eigenvalue weighted by molar-refractivity contribution is -0.132. The Morgan fingerprint density at radius 1 is 1.33 bits per heavy atom. The molecule has 0 bridgehead atoms. The molecule has 1 aliphatic rings. The summed E-state index contributed by atoms with van der Waals surface area (Å²) in [6, 6.07) is 1.79. The molecule has 130 valence electrons. The predicted molar refractivity (Wildman–Crippen MR) is 90.8 cm³/mol. The summed E-state index contributed by atoms with van der Waals surface area (Å²) in [4.78, 5) is 16.8. The lowest BCUT2D eigenvalue weighted by atomic mass is 10.3. The number of carbonyl (C=O) groups excluding carboxylic acids is 1. The highest BCUT2D eigenvalue weighted by atomic mass is 32.2. The fourth-order valence-electron chi connectivity index (χ4n) is 2.72. The first kappa shape index (κ1) is 17.0. The van der Waals surface area contributed by atoms with Crippen LogP contribution >= 0.6 is 11.8 Å². The van der Waals surface area contributed by atoms with Gasteiger partial charge in [-0.05, 0) is 26.5 Å². The van der Waals surface area contributed by atoms with Crippen molar-refractivity contribution in [1.82, 2.24) is 20.0 Å². The Morgan fingerprint density at radius 3 is 2.71 bits per heavy atom. The van der Waals surface area contributed by atoms with E-state index in [9.17, 15) is 4.79 Å². The summed E-state index contributed by atoms with van der Waals surface area (Å²) in [5.74, 6) is 1.27. The van der Waals surface area contributed by atoms with Crippen molar-refractivity contribution >= 4 is 17.7 Å². The first-order valence-corrected chi connectivity index (χ1v) is 9.02. The standard InChI is InChI=1S/C16H22N4O3S/c1-4-19-6-8-20(9-7-19)15(21)12(3)24-16-18-17-14(23-16)13-5-10-22-11(13)2/h5,10,12H,4,6-9H2,1-3H3/t12-/m1/s1. The third-order valence-corrected chi connectivity index (χ3v) is 5.17. The van der Waals surface area contributed by atoms with Crippen molar-refractivity contribution in [3.8, 4) is 11.5 Å². The maximum absolute atomic E-state index is 12.6. The highest BCUT2D eigenvalue weighted by molar-refractivity contribution is 8.00. The number of aryl methyl sites for hydroxylation is 1. The van der Waals surface area contributed by atoms with Crippen molar-refractivity contribution < 1.29 is 13.6 Å². The van der Waals surface area contributed by atoms with Gasteiger partial charge in [0.1, 0.15) is 5.76 Å². The van der Waals surface area contributed by atoms with Crippen LogP contribution in [-0.4, -0.2) is 63.9 Å². The van der Waals surface area contributed by atoms with Gasteiger partial charge < -0.3 is 18.6 Å². The number of rotatable bonds is 5. The van der Waals surface area contributed by atoms with Gasteiger partial charge in [-0.1, -0.05) is 18.7 Å². The van der Waals surface area contributed by atoms with E-state index in [0.29, 0.717) is 11.1 Å². The highest BCUT2D eigenvalue weighted by Crippen LogP contribution is 2.29. The van der Waals surface area contributed by atoms with Crippen molar-refractivity contribution in [2.24, 2.45) is 0 Å². The van der Waals surface area contributed by atoms with E-state index in [2.05, 4.69) is 22.0 Å². The number of hydrogen-bond donors (Lipinski definition) is 0. The summed E-state index contributed by atoms with van der Waals surface area (Å²) in [5, 5.41) is 8.22. The molecule has 2 aromatic rings. The fourth-order valence-corrected chi connectivity index (χ4v) is 3.48. The van der Waals surface area contributed by atoms with Gasteiger partial charge in [-0.3, -0.25) is 4.79 Å². The molecule has 0 unspecified atom stereocenters. The maximum Gasteiger partial charge on any atom is 0.277 e. The monoisotopic (exact) mass is 350 g/mol. The lowest BCUT2D eigenvalue weighted by Gasteiger charge is -2.35. The number of piperazine rings is 1. The Kier molecular flexibility index (Phi) is 5.25. The molecule has 1 fully saturated rings. The number of hydrogen-bond acceptors (Lipinski definition) is 7. The van der Waals surface area contributed by atoms with Crippen molar-refractivity contribution in [3.63, 3.8) is 0 Å². The number of amides is 1. The van der Waals surface area contributed by atoms with Crippen LogP contribution in [0.25, 0.3) is 11.5 Å². The first-order chi connectivity index (χ1) is 11.6. The van der Waals surface area contributed by atoms with E-state index in [1.54, 1.807) is 12.3 Å². The summed E-state index contributed by atoms with van der Waals surface area (Å²) >= 11 is 1.30. The zero-order chi connectivity index (χ0) is 17.1. The van der Waals surface area contributed by atoms with Crippen molar-refractivity contribution in [1.29, 1.82) is 0 Å². The zero-order valence-corrected chi connectivity index (χ0v) is 15.0. The van der Waals surface area contributed by atoms with E-state index in [1.807, 2.05) is 18.7 Å². The molecule has 0 aromatic carbocycles. The van der Waals surface area contributed by atoms with Crippen molar-refractivity contribution in [2.45, 2.75) is 31.2 Å². The van der Waals surface area contributed by atoms with Gasteiger partial charge in [0, 0.05) is 26.2 Å². The number of furan rings is 1. The molecule has 0 radical (unpaired) electrons. The van der Waals surface area contributed by atoms with Crippen LogP contribution < -0.4 is 0 Å². The summed E-state index contributed by atoms with van der Waals surface area (Å²) in [6.07, 6.45) is 1.59. The second-order valence-electron chi connectivity index (χ2n) is 5.78. The van der Waals surface area contributed by atoms with Gasteiger partial charge in [-0.25, -0.2) is 0 Å². The summed E-state index contributed by atoms with van der Waals surface area (Å²) in [6.45, 7) is 10.3. The molecule has 0 N–H and O–H groups in total. The number of carbonyl (C=O) groups is 1. The Labute approximate surface area is 145 Å². The molecule has 24 heavy (non-hydrogen) atoms. The van der Waals surface area contributed by atoms with Gasteiger partial charge in [0.2, 0.25) is 5.91 Å². The number of aromatic nitrogens is 2. The molecule has 1 amide bonds. The number of thioether (sulfide) groups is 1. The molecule has 0 aliphatic carbocycles. The molecule has 7 nitrogen and oxygen atoms in total. The molecule has 2 aromatic heterocycles.